The van der Waals surface area contributed by atoms with Crippen LogP contribution in [0.4, 0.5) is 13.2 Å². The van der Waals surface area contributed by atoms with Gasteiger partial charge in [-0.1, -0.05) is 24.3 Å². The molecule has 3 aromatic rings. The molecule has 0 unspecified atom stereocenters. The molecule has 1 N–H and O–H groups in total. The van der Waals surface area contributed by atoms with Crippen molar-refractivity contribution in [2.75, 3.05) is 0 Å². The summed E-state index contributed by atoms with van der Waals surface area (Å²) < 4.78 is 40.6. The van der Waals surface area contributed by atoms with Gasteiger partial charge in [0, 0.05) is 13.2 Å². The smallest absolute Gasteiger partial charge is 0.406 e. The number of aryl methyl sites for hydroxylation is 2. The van der Waals surface area contributed by atoms with Crippen LogP contribution >= 0.6 is 0 Å². The summed E-state index contributed by atoms with van der Waals surface area (Å²) in [6.45, 7) is 0.244. The van der Waals surface area contributed by atoms with E-state index in [1.165, 1.54) is 17.9 Å². The molecular weight excluding hydrogens is 323 g/mol. The van der Waals surface area contributed by atoms with E-state index in [1.807, 2.05) is 0 Å². The van der Waals surface area contributed by atoms with Gasteiger partial charge in [-0.15, -0.1) is 0 Å². The van der Waals surface area contributed by atoms with Crippen LogP contribution in [0.5, 0.6) is 5.75 Å². The predicted molar refractivity (Wildman–Crippen MR) is 82.9 cm³/mol. The van der Waals surface area contributed by atoms with Gasteiger partial charge in [-0.2, -0.15) is 18.3 Å². The van der Waals surface area contributed by atoms with E-state index < -0.39 is 18.3 Å². The lowest BCUT2D eigenvalue weighted by molar-refractivity contribution is -0.140. The Morgan fingerprint density at radius 1 is 1.25 bits per heavy atom. The Morgan fingerprint density at radius 3 is 2.54 bits per heavy atom. The van der Waals surface area contributed by atoms with Crippen LogP contribution in [0.2, 0.25) is 0 Å². The zero-order chi connectivity index (χ0) is 17.6. The Balaban J connectivity index is 2.43. The maximum atomic E-state index is 12.9. The number of hydrogen-bond donors (Lipinski definition) is 1. The summed E-state index contributed by atoms with van der Waals surface area (Å²) >= 11 is 0. The van der Waals surface area contributed by atoms with Crippen molar-refractivity contribution in [3.8, 4) is 16.9 Å². The number of fused-ring (bicyclic) bond motifs is 1. The Kier molecular flexibility index (Phi) is 3.62. The Hall–Kier alpha value is -2.77. The van der Waals surface area contributed by atoms with Crippen molar-refractivity contribution in [3.05, 3.63) is 46.4 Å². The number of benzene rings is 1. The van der Waals surface area contributed by atoms with Gasteiger partial charge in [0.25, 0.3) is 5.56 Å². The van der Waals surface area contributed by atoms with Gasteiger partial charge in [-0.25, -0.2) is 0 Å². The second-order valence-corrected chi connectivity index (χ2v) is 5.59. The van der Waals surface area contributed by atoms with E-state index in [2.05, 4.69) is 5.10 Å². The average molecular weight is 337 g/mol. The summed E-state index contributed by atoms with van der Waals surface area (Å²) in [6, 6.07) is 6.71. The Bertz CT molecular complexity index is 987. The van der Waals surface area contributed by atoms with Gasteiger partial charge in [-0.3, -0.25) is 14.0 Å². The van der Waals surface area contributed by atoms with Crippen LogP contribution < -0.4 is 5.56 Å². The first-order chi connectivity index (χ1) is 11.2. The van der Waals surface area contributed by atoms with E-state index in [0.717, 1.165) is 0 Å². The van der Waals surface area contributed by atoms with Crippen LogP contribution in [0.1, 0.15) is 5.56 Å². The molecule has 126 valence electrons. The third-order valence-electron chi connectivity index (χ3n) is 3.77. The number of halogens is 3. The van der Waals surface area contributed by atoms with Gasteiger partial charge in [0.1, 0.15) is 12.3 Å². The molecule has 24 heavy (non-hydrogen) atoms. The summed E-state index contributed by atoms with van der Waals surface area (Å²) in [5.41, 5.74) is -0.216. The molecule has 2 heterocycles. The van der Waals surface area contributed by atoms with E-state index in [-0.39, 0.29) is 22.3 Å². The van der Waals surface area contributed by atoms with Gasteiger partial charge in [0.15, 0.2) is 5.65 Å². The molecule has 3 rings (SSSR count). The van der Waals surface area contributed by atoms with Crippen molar-refractivity contribution < 1.29 is 18.3 Å². The lowest BCUT2D eigenvalue weighted by Gasteiger charge is -2.14. The molecule has 2 aromatic heterocycles. The monoisotopic (exact) mass is 337 g/mol. The van der Waals surface area contributed by atoms with Crippen molar-refractivity contribution in [1.29, 1.82) is 0 Å². The number of aromatic hydroxyl groups is 1. The second-order valence-electron chi connectivity index (χ2n) is 5.59. The maximum absolute atomic E-state index is 12.9. The number of pyridine rings is 1. The highest BCUT2D eigenvalue weighted by atomic mass is 19.4. The van der Waals surface area contributed by atoms with Crippen molar-refractivity contribution in [3.63, 3.8) is 0 Å². The van der Waals surface area contributed by atoms with E-state index in [1.54, 1.807) is 31.2 Å². The third-order valence-corrected chi connectivity index (χ3v) is 3.77. The molecule has 0 bridgehead atoms. The van der Waals surface area contributed by atoms with Crippen LogP contribution in [0, 0.1) is 6.92 Å². The van der Waals surface area contributed by atoms with Crippen molar-refractivity contribution in [2.24, 2.45) is 7.05 Å². The molecule has 0 atom stereocenters. The molecule has 8 heteroatoms. The van der Waals surface area contributed by atoms with Gasteiger partial charge in [0.2, 0.25) is 0 Å². The second kappa shape index (κ2) is 5.40. The summed E-state index contributed by atoms with van der Waals surface area (Å²) in [4.78, 5) is 12.7. The topological polar surface area (TPSA) is 60.0 Å². The maximum Gasteiger partial charge on any atom is 0.406 e. The largest absolute Gasteiger partial charge is 0.506 e. The molecule has 0 saturated heterocycles. The highest BCUT2D eigenvalue weighted by Gasteiger charge is 2.32. The lowest BCUT2D eigenvalue weighted by Crippen LogP contribution is -2.29. The van der Waals surface area contributed by atoms with Crippen molar-refractivity contribution >= 4 is 11.0 Å². The standard InChI is InChI=1S/C16H14F3N3O2/c1-9-5-3-4-6-10(9)12-13(23)11-7-21(2)20-14(11)22(15(12)24)8-16(17,18)19/h3-7,23H,8H2,1-2H3. The van der Waals surface area contributed by atoms with Crippen LogP contribution in [0.3, 0.4) is 0 Å². The molecule has 0 saturated carbocycles. The van der Waals surface area contributed by atoms with Crippen LogP contribution in [-0.2, 0) is 13.6 Å². The molecule has 0 amide bonds. The Labute approximate surface area is 134 Å². The number of nitrogens with zero attached hydrogens (tertiary/aromatic N) is 3. The molecule has 0 fully saturated rings. The molecule has 0 aliphatic heterocycles. The fourth-order valence-corrected chi connectivity index (χ4v) is 2.73. The minimum Gasteiger partial charge on any atom is -0.506 e. The number of rotatable bonds is 2. The average Bonchev–Trinajstić information content (AvgIpc) is 2.87. The van der Waals surface area contributed by atoms with Crippen molar-refractivity contribution in [2.45, 2.75) is 19.6 Å². The van der Waals surface area contributed by atoms with Gasteiger partial charge < -0.3 is 5.11 Å². The van der Waals surface area contributed by atoms with E-state index in [4.69, 9.17) is 0 Å². The number of hydrogen-bond acceptors (Lipinski definition) is 3. The molecule has 0 spiro atoms. The molecular formula is C16H14F3N3O2. The highest BCUT2D eigenvalue weighted by Crippen LogP contribution is 2.34. The fraction of sp³-hybridized carbons (Fsp3) is 0.250. The first-order valence-corrected chi connectivity index (χ1v) is 7.11. The first-order valence-electron chi connectivity index (χ1n) is 7.11. The summed E-state index contributed by atoms with van der Waals surface area (Å²) in [6.07, 6.45) is -3.20. The first kappa shape index (κ1) is 16.1. The molecule has 0 aliphatic carbocycles. The van der Waals surface area contributed by atoms with Crippen LogP contribution in [0.15, 0.2) is 35.3 Å². The molecule has 0 radical (unpaired) electrons. The fourth-order valence-electron chi connectivity index (χ4n) is 2.73. The van der Waals surface area contributed by atoms with Gasteiger partial charge in [0.05, 0.1) is 10.9 Å². The SMILES string of the molecule is Cc1ccccc1-c1c(O)c2cn(C)nc2n(CC(F)(F)F)c1=O. The normalized spacial score (nSPS) is 12.0. The molecule has 0 aliphatic rings. The van der Waals surface area contributed by atoms with Crippen LogP contribution in [-0.4, -0.2) is 25.6 Å². The van der Waals surface area contributed by atoms with Gasteiger partial charge >= 0.3 is 6.18 Å². The zero-order valence-electron chi connectivity index (χ0n) is 12.9. The molecule has 5 nitrogen and oxygen atoms in total. The van der Waals surface area contributed by atoms with E-state index in [0.29, 0.717) is 15.7 Å². The van der Waals surface area contributed by atoms with E-state index in [9.17, 15) is 23.1 Å². The lowest BCUT2D eigenvalue weighted by atomic mass is 10.00. The quantitative estimate of drug-likeness (QED) is 0.782. The minimum atomic E-state index is -4.59. The zero-order valence-corrected chi connectivity index (χ0v) is 12.9. The Morgan fingerprint density at radius 2 is 1.92 bits per heavy atom. The summed E-state index contributed by atoms with van der Waals surface area (Å²) in [5, 5.41) is 14.5. The predicted octanol–water partition coefficient (Wildman–Crippen LogP) is 2.98. The third kappa shape index (κ3) is 2.64. The number of aromatic nitrogens is 3. The van der Waals surface area contributed by atoms with E-state index >= 15 is 0 Å². The van der Waals surface area contributed by atoms with Crippen molar-refractivity contribution in [1.82, 2.24) is 14.3 Å². The minimum absolute atomic E-state index is 0.0969. The highest BCUT2D eigenvalue weighted by molar-refractivity contribution is 5.90. The van der Waals surface area contributed by atoms with Gasteiger partial charge in [-0.05, 0) is 18.1 Å². The number of alkyl halides is 3. The van der Waals surface area contributed by atoms with Crippen LogP contribution in [0.25, 0.3) is 22.2 Å². The summed E-state index contributed by atoms with van der Waals surface area (Å²) in [7, 11) is 1.51. The summed E-state index contributed by atoms with van der Waals surface area (Å²) in [5.74, 6) is -0.365. The molecule has 1 aromatic carbocycles.